The number of nitrogens with zero attached hydrogens (tertiary/aromatic N) is 2. The van der Waals surface area contributed by atoms with E-state index in [0.717, 1.165) is 10.3 Å². The van der Waals surface area contributed by atoms with Crippen LogP contribution < -0.4 is 0 Å². The Morgan fingerprint density at radius 1 is 1.55 bits per heavy atom. The lowest BCUT2D eigenvalue weighted by Crippen LogP contribution is -1.73. The van der Waals surface area contributed by atoms with Gasteiger partial charge in [0.2, 0.25) is 0 Å². The Hall–Kier alpha value is -1.40. The first-order chi connectivity index (χ1) is 5.40. The summed E-state index contributed by atoms with van der Waals surface area (Å²) >= 11 is 1.49. The zero-order valence-electron chi connectivity index (χ0n) is 5.61. The standard InChI is InChI=1S/C8H4N2S/c1-2-7-10-8-6(11-7)4-3-5-9-8/h1,3-5H. The fourth-order valence-electron chi connectivity index (χ4n) is 0.831. The second kappa shape index (κ2) is 2.33. The number of pyridine rings is 1. The van der Waals surface area contributed by atoms with Crippen molar-refractivity contribution >= 4 is 21.7 Å². The average molecular weight is 160 g/mol. The van der Waals surface area contributed by atoms with Crippen LogP contribution in [0.4, 0.5) is 0 Å². The lowest BCUT2D eigenvalue weighted by atomic mass is 10.5. The van der Waals surface area contributed by atoms with Crippen molar-refractivity contribution in [1.82, 2.24) is 9.97 Å². The Bertz CT molecular complexity index is 392. The second-order valence-corrected chi connectivity index (χ2v) is 3.02. The Kier molecular flexibility index (Phi) is 1.34. The summed E-state index contributed by atoms with van der Waals surface area (Å²) in [7, 11) is 0. The first-order valence-corrected chi connectivity index (χ1v) is 3.90. The quantitative estimate of drug-likeness (QED) is 0.548. The van der Waals surface area contributed by atoms with Gasteiger partial charge in [0.1, 0.15) is 0 Å². The minimum Gasteiger partial charge on any atom is -0.236 e. The Labute approximate surface area is 67.9 Å². The molecule has 0 aromatic carbocycles. The van der Waals surface area contributed by atoms with Gasteiger partial charge < -0.3 is 0 Å². The molecule has 0 spiro atoms. The fraction of sp³-hybridized carbons (Fsp3) is 0. The average Bonchev–Trinajstić information content (AvgIpc) is 2.46. The first kappa shape index (κ1) is 6.32. The highest BCUT2D eigenvalue weighted by molar-refractivity contribution is 7.19. The Morgan fingerprint density at radius 3 is 3.18 bits per heavy atom. The fourth-order valence-corrected chi connectivity index (χ4v) is 1.57. The summed E-state index contributed by atoms with van der Waals surface area (Å²) in [6, 6.07) is 3.83. The molecule has 52 valence electrons. The molecule has 0 aliphatic heterocycles. The van der Waals surface area contributed by atoms with Gasteiger partial charge in [-0.25, -0.2) is 9.97 Å². The number of hydrogen-bond donors (Lipinski definition) is 0. The van der Waals surface area contributed by atoms with E-state index >= 15 is 0 Å². The maximum absolute atomic E-state index is 5.18. The Morgan fingerprint density at radius 2 is 2.45 bits per heavy atom. The number of fused-ring (bicyclic) bond motifs is 1. The second-order valence-electron chi connectivity index (χ2n) is 1.99. The maximum Gasteiger partial charge on any atom is 0.171 e. The van der Waals surface area contributed by atoms with Gasteiger partial charge in [0.25, 0.3) is 0 Å². The van der Waals surface area contributed by atoms with Crippen molar-refractivity contribution in [3.05, 3.63) is 23.3 Å². The van der Waals surface area contributed by atoms with E-state index in [1.807, 2.05) is 12.1 Å². The number of aromatic nitrogens is 2. The third-order valence-electron chi connectivity index (χ3n) is 1.29. The molecule has 0 unspecified atom stereocenters. The summed E-state index contributed by atoms with van der Waals surface area (Å²) in [5.41, 5.74) is 0.741. The van der Waals surface area contributed by atoms with E-state index in [4.69, 9.17) is 6.42 Å². The SMILES string of the molecule is C#Cc1nc2ncccc2s1. The van der Waals surface area contributed by atoms with E-state index in [1.54, 1.807) is 6.20 Å². The topological polar surface area (TPSA) is 25.8 Å². The highest BCUT2D eigenvalue weighted by Crippen LogP contribution is 2.18. The molecule has 11 heavy (non-hydrogen) atoms. The molecule has 2 aromatic heterocycles. The zero-order valence-corrected chi connectivity index (χ0v) is 6.43. The molecule has 0 N–H and O–H groups in total. The van der Waals surface area contributed by atoms with Crippen molar-refractivity contribution in [1.29, 1.82) is 0 Å². The molecular weight excluding hydrogens is 156 g/mol. The molecule has 0 bridgehead atoms. The van der Waals surface area contributed by atoms with Gasteiger partial charge in [-0.1, -0.05) is 0 Å². The molecular formula is C8H4N2S. The zero-order chi connectivity index (χ0) is 7.68. The predicted molar refractivity (Wildman–Crippen MR) is 45.4 cm³/mol. The number of thiazole rings is 1. The molecule has 2 heterocycles. The number of hydrogen-bond acceptors (Lipinski definition) is 3. The summed E-state index contributed by atoms with van der Waals surface area (Å²) < 4.78 is 1.04. The van der Waals surface area contributed by atoms with Gasteiger partial charge in [-0.15, -0.1) is 17.8 Å². The van der Waals surface area contributed by atoms with Gasteiger partial charge in [0, 0.05) is 6.20 Å². The van der Waals surface area contributed by atoms with E-state index in [0.29, 0.717) is 5.01 Å². The molecule has 0 aliphatic rings. The summed E-state index contributed by atoms with van der Waals surface area (Å²) in [6.45, 7) is 0. The monoisotopic (exact) mass is 160 g/mol. The third kappa shape index (κ3) is 0.975. The molecule has 0 fully saturated rings. The van der Waals surface area contributed by atoms with Gasteiger partial charge in [-0.3, -0.25) is 0 Å². The van der Waals surface area contributed by atoms with Gasteiger partial charge in [-0.05, 0) is 18.1 Å². The van der Waals surface area contributed by atoms with Crippen molar-refractivity contribution in [2.24, 2.45) is 0 Å². The summed E-state index contributed by atoms with van der Waals surface area (Å²) in [4.78, 5) is 8.16. The van der Waals surface area contributed by atoms with Crippen molar-refractivity contribution in [3.63, 3.8) is 0 Å². The van der Waals surface area contributed by atoms with E-state index in [9.17, 15) is 0 Å². The van der Waals surface area contributed by atoms with E-state index in [-0.39, 0.29) is 0 Å². The maximum atomic E-state index is 5.18. The van der Waals surface area contributed by atoms with E-state index in [1.165, 1.54) is 11.3 Å². The minimum atomic E-state index is 0.693. The van der Waals surface area contributed by atoms with Crippen molar-refractivity contribution < 1.29 is 0 Å². The number of rotatable bonds is 0. The summed E-state index contributed by atoms with van der Waals surface area (Å²) in [5, 5.41) is 0.693. The minimum absolute atomic E-state index is 0.693. The molecule has 0 saturated heterocycles. The van der Waals surface area contributed by atoms with Crippen LogP contribution in [0.1, 0.15) is 5.01 Å². The molecule has 0 radical (unpaired) electrons. The largest absolute Gasteiger partial charge is 0.236 e. The van der Waals surface area contributed by atoms with Gasteiger partial charge in [0.05, 0.1) is 4.70 Å². The normalized spacial score (nSPS) is 9.73. The van der Waals surface area contributed by atoms with Crippen LogP contribution in [-0.2, 0) is 0 Å². The van der Waals surface area contributed by atoms with Gasteiger partial charge in [0.15, 0.2) is 10.7 Å². The van der Waals surface area contributed by atoms with E-state index < -0.39 is 0 Å². The molecule has 0 saturated carbocycles. The molecule has 0 amide bonds. The van der Waals surface area contributed by atoms with Crippen LogP contribution in [0.25, 0.3) is 10.3 Å². The highest BCUT2D eigenvalue weighted by Gasteiger charge is 1.99. The van der Waals surface area contributed by atoms with E-state index in [2.05, 4.69) is 15.9 Å². The molecule has 2 nitrogen and oxygen atoms in total. The lowest BCUT2D eigenvalue weighted by molar-refractivity contribution is 1.31. The van der Waals surface area contributed by atoms with Crippen LogP contribution >= 0.6 is 11.3 Å². The van der Waals surface area contributed by atoms with Crippen LogP contribution in [0, 0.1) is 12.3 Å². The van der Waals surface area contributed by atoms with Gasteiger partial charge in [-0.2, -0.15) is 0 Å². The van der Waals surface area contributed by atoms with Crippen LogP contribution in [0.5, 0.6) is 0 Å². The third-order valence-corrected chi connectivity index (χ3v) is 2.23. The van der Waals surface area contributed by atoms with Crippen molar-refractivity contribution in [2.75, 3.05) is 0 Å². The Balaban J connectivity index is 2.81. The molecule has 0 atom stereocenters. The first-order valence-electron chi connectivity index (χ1n) is 3.08. The predicted octanol–water partition coefficient (Wildman–Crippen LogP) is 1.67. The number of terminal acetylenes is 1. The highest BCUT2D eigenvalue weighted by atomic mass is 32.1. The molecule has 0 aliphatic carbocycles. The van der Waals surface area contributed by atoms with Crippen LogP contribution in [-0.4, -0.2) is 9.97 Å². The molecule has 3 heteroatoms. The lowest BCUT2D eigenvalue weighted by Gasteiger charge is -1.79. The van der Waals surface area contributed by atoms with Crippen LogP contribution in [0.3, 0.4) is 0 Å². The summed E-state index contributed by atoms with van der Waals surface area (Å²) in [5.74, 6) is 2.48. The molecule has 2 rings (SSSR count). The van der Waals surface area contributed by atoms with Gasteiger partial charge >= 0.3 is 0 Å². The molecule has 2 aromatic rings. The van der Waals surface area contributed by atoms with Crippen LogP contribution in [0.15, 0.2) is 18.3 Å². The van der Waals surface area contributed by atoms with Crippen LogP contribution in [0.2, 0.25) is 0 Å². The summed E-state index contributed by atoms with van der Waals surface area (Å²) in [6.07, 6.45) is 6.89. The van der Waals surface area contributed by atoms with Crippen molar-refractivity contribution in [2.45, 2.75) is 0 Å². The van der Waals surface area contributed by atoms with Crippen molar-refractivity contribution in [3.8, 4) is 12.3 Å². The smallest absolute Gasteiger partial charge is 0.171 e.